The summed E-state index contributed by atoms with van der Waals surface area (Å²) in [5.74, 6) is 0. The monoisotopic (exact) mass is 292 g/mol. The van der Waals surface area contributed by atoms with Gasteiger partial charge in [-0.2, -0.15) is 4.91 Å². The molecule has 0 saturated heterocycles. The van der Waals surface area contributed by atoms with E-state index in [2.05, 4.69) is 5.59 Å². The largest absolute Gasteiger partial charge is 0.673 e. The SMILES string of the molecule is F[B-](F)(F)F.F[B-](F)(F)F.F[B-](F)(F)F.N=O. The normalized spacial score (nSPS) is 10.8. The van der Waals surface area contributed by atoms with E-state index in [1.54, 1.807) is 0 Å². The minimum absolute atomic E-state index is 4.50. The number of hydrogen-bond donors (Lipinski definition) is 1. The van der Waals surface area contributed by atoms with E-state index >= 15 is 0 Å². The van der Waals surface area contributed by atoms with E-state index in [1.165, 1.54) is 0 Å². The summed E-state index contributed by atoms with van der Waals surface area (Å²) in [5.41, 5.74) is 4.50. The molecule has 0 aromatic carbocycles. The average molecular weight is 291 g/mol. The first-order valence-electron chi connectivity index (χ1n) is 2.82. The molecule has 0 amide bonds. The zero-order chi connectivity index (χ0) is 15.5. The molecule has 0 rings (SSSR count). The fourth-order valence-corrected chi connectivity index (χ4v) is 0. The minimum Gasteiger partial charge on any atom is -0.418 e. The molecule has 0 heterocycles. The minimum atomic E-state index is -6.00. The average Bonchev–Trinajstić information content (AvgIpc) is 1.77. The Kier molecular flexibility index (Phi) is 14.9. The van der Waals surface area contributed by atoms with Crippen LogP contribution in [0.2, 0.25) is 0 Å². The van der Waals surface area contributed by atoms with Crippen LogP contribution in [0.25, 0.3) is 0 Å². The molecule has 0 radical (unpaired) electrons. The summed E-state index contributed by atoms with van der Waals surface area (Å²) >= 11 is 0. The number of hydrogen-bond acceptors (Lipinski definition) is 2. The molecule has 0 aliphatic rings. The molecule has 108 valence electrons. The van der Waals surface area contributed by atoms with Gasteiger partial charge < -0.3 is 51.8 Å². The third-order valence-corrected chi connectivity index (χ3v) is 0. The molecule has 2 nitrogen and oxygen atoms in total. The summed E-state index contributed by atoms with van der Waals surface area (Å²) in [6, 6.07) is 0. The molecule has 0 spiro atoms. The first-order chi connectivity index (χ1) is 7.00. The summed E-state index contributed by atoms with van der Waals surface area (Å²) in [4.78, 5) is 7.50. The quantitative estimate of drug-likeness (QED) is 0.405. The van der Waals surface area contributed by atoms with Gasteiger partial charge in [0.2, 0.25) is 0 Å². The van der Waals surface area contributed by atoms with E-state index in [-0.39, 0.29) is 0 Å². The number of nitrogens with one attached hydrogen (secondary N) is 1. The van der Waals surface area contributed by atoms with Gasteiger partial charge >= 0.3 is 21.8 Å². The molecule has 0 aromatic rings. The van der Waals surface area contributed by atoms with E-state index in [4.69, 9.17) is 4.91 Å². The lowest BCUT2D eigenvalue weighted by Crippen LogP contribution is -2.02. The second kappa shape index (κ2) is 10.1. The van der Waals surface area contributed by atoms with Gasteiger partial charge in [-0.3, -0.25) is 0 Å². The van der Waals surface area contributed by atoms with Crippen molar-refractivity contribution < 1.29 is 51.8 Å². The molecule has 0 saturated carbocycles. The van der Waals surface area contributed by atoms with Crippen molar-refractivity contribution in [2.75, 3.05) is 0 Å². The predicted octanol–water partition coefficient (Wildman–Crippen LogP) is 4.23. The maximum Gasteiger partial charge on any atom is 0.673 e. The highest BCUT2D eigenvalue weighted by molar-refractivity contribution is 6.50. The van der Waals surface area contributed by atoms with Crippen molar-refractivity contribution >= 4 is 21.8 Å². The van der Waals surface area contributed by atoms with Crippen molar-refractivity contribution in [1.29, 1.82) is 5.59 Å². The van der Waals surface area contributed by atoms with Gasteiger partial charge in [-0.05, 0) is 0 Å². The fraction of sp³-hybridized carbons (Fsp3) is 0. The second-order valence-corrected chi connectivity index (χ2v) is 1.48. The van der Waals surface area contributed by atoms with Crippen LogP contribution in [0.5, 0.6) is 0 Å². The smallest absolute Gasteiger partial charge is 0.418 e. The molecule has 0 unspecified atom stereocenters. The second-order valence-electron chi connectivity index (χ2n) is 1.48. The first-order valence-corrected chi connectivity index (χ1v) is 2.82. The molecule has 1 N–H and O–H groups in total. The van der Waals surface area contributed by atoms with Gasteiger partial charge in [0.05, 0.1) is 0 Å². The molecule has 0 aromatic heterocycles. The van der Waals surface area contributed by atoms with Crippen molar-refractivity contribution in [3.05, 3.63) is 4.91 Å². The Bertz CT molecular complexity index is 108. The van der Waals surface area contributed by atoms with E-state index in [1.807, 2.05) is 0 Å². The molecule has 17 heteroatoms. The van der Waals surface area contributed by atoms with E-state index in [0.29, 0.717) is 0 Å². The predicted molar refractivity (Wildman–Crippen MR) is 36.6 cm³/mol. The first kappa shape index (κ1) is 25.0. The molecule has 17 heavy (non-hydrogen) atoms. The fourth-order valence-electron chi connectivity index (χ4n) is 0. The Labute approximate surface area is 85.4 Å². The van der Waals surface area contributed by atoms with E-state index in [0.717, 1.165) is 0 Å². The van der Waals surface area contributed by atoms with Crippen LogP contribution in [0.15, 0.2) is 0 Å². The highest BCUT2D eigenvalue weighted by Crippen LogP contribution is 2.07. The summed E-state index contributed by atoms with van der Waals surface area (Å²) < 4.78 is 117. The van der Waals surface area contributed by atoms with Gasteiger partial charge in [0.15, 0.2) is 0 Å². The van der Waals surface area contributed by atoms with E-state index < -0.39 is 21.8 Å². The third kappa shape index (κ3) is 2300. The zero-order valence-corrected chi connectivity index (χ0v) is 7.18. The van der Waals surface area contributed by atoms with Crippen LogP contribution in [0.1, 0.15) is 0 Å². The number of halogens is 12. The lowest BCUT2D eigenvalue weighted by atomic mass is 10.3. The van der Waals surface area contributed by atoms with Gasteiger partial charge in [-0.1, -0.05) is 5.59 Å². The van der Waals surface area contributed by atoms with Crippen molar-refractivity contribution in [2.45, 2.75) is 0 Å². The van der Waals surface area contributed by atoms with E-state index in [9.17, 15) is 51.8 Å². The Morgan fingerprint density at radius 3 is 0.412 bits per heavy atom. The van der Waals surface area contributed by atoms with Crippen molar-refractivity contribution in [3.8, 4) is 0 Å². The maximum atomic E-state index is 9.75. The molecule has 0 atom stereocenters. The molecule has 0 bridgehead atoms. The summed E-state index contributed by atoms with van der Waals surface area (Å²) in [6.07, 6.45) is 0. The lowest BCUT2D eigenvalue weighted by Gasteiger charge is -1.94. The van der Waals surface area contributed by atoms with Crippen LogP contribution < -0.4 is 0 Å². The van der Waals surface area contributed by atoms with Crippen molar-refractivity contribution in [2.24, 2.45) is 0 Å². The Balaban J connectivity index is -0.0000000693. The third-order valence-electron chi connectivity index (χ3n) is 0. The van der Waals surface area contributed by atoms with Crippen LogP contribution in [0.3, 0.4) is 0 Å². The number of rotatable bonds is 0. The molecule has 0 fully saturated rings. The van der Waals surface area contributed by atoms with Crippen molar-refractivity contribution in [3.63, 3.8) is 0 Å². The highest BCUT2D eigenvalue weighted by Gasteiger charge is 2.21. The summed E-state index contributed by atoms with van der Waals surface area (Å²) in [5, 5.41) is 0. The van der Waals surface area contributed by atoms with Crippen LogP contribution in [0, 0.1) is 10.5 Å². The standard InChI is InChI=1S/3BF4.HNO/c3*2-1(3,4)5;1-2/h;;;1H/q3*-1;. The lowest BCUT2D eigenvalue weighted by molar-refractivity contribution is 0.366. The Morgan fingerprint density at radius 2 is 0.412 bits per heavy atom. The van der Waals surface area contributed by atoms with Gasteiger partial charge in [0.25, 0.3) is 0 Å². The Morgan fingerprint density at radius 1 is 0.412 bits per heavy atom. The van der Waals surface area contributed by atoms with Crippen LogP contribution in [-0.2, 0) is 0 Å². The highest BCUT2D eigenvalue weighted by atomic mass is 19.5. The molecule has 0 aliphatic carbocycles. The number of nitroso groups, excluding NO2 is 1. The van der Waals surface area contributed by atoms with Gasteiger partial charge in [0.1, 0.15) is 0 Å². The van der Waals surface area contributed by atoms with Crippen LogP contribution >= 0.6 is 0 Å². The topological polar surface area (TPSA) is 40.9 Å². The van der Waals surface area contributed by atoms with Gasteiger partial charge in [-0.25, -0.2) is 0 Å². The van der Waals surface area contributed by atoms with Crippen LogP contribution in [0.4, 0.5) is 51.8 Å². The zero-order valence-electron chi connectivity index (χ0n) is 7.18. The van der Waals surface area contributed by atoms with Crippen molar-refractivity contribution in [1.82, 2.24) is 0 Å². The molecular formula is HB3F12NO-3. The summed E-state index contributed by atoms with van der Waals surface area (Å²) in [7, 11) is -18.0. The van der Waals surface area contributed by atoms with Crippen LogP contribution in [-0.4, -0.2) is 21.8 Å². The Hall–Kier alpha value is -1.05. The van der Waals surface area contributed by atoms with Gasteiger partial charge in [-0.15, -0.1) is 0 Å². The molecule has 0 aliphatic heterocycles. The maximum absolute atomic E-state index is 9.75. The summed E-state index contributed by atoms with van der Waals surface area (Å²) in [6.45, 7) is 0. The molecular weight excluding hydrogens is 290 g/mol. The van der Waals surface area contributed by atoms with Gasteiger partial charge in [0, 0.05) is 0 Å².